The molecule has 2 N–H and O–H groups in total. The minimum absolute atomic E-state index is 0.230. The highest BCUT2D eigenvalue weighted by Crippen LogP contribution is 2.36. The van der Waals surface area contributed by atoms with Crippen LogP contribution < -0.4 is 24.8 Å². The number of hydrogen-bond acceptors (Lipinski definition) is 10. The molecule has 4 heterocycles. The van der Waals surface area contributed by atoms with Gasteiger partial charge in [0.05, 0.1) is 49.1 Å². The van der Waals surface area contributed by atoms with Gasteiger partial charge in [0, 0.05) is 34.6 Å². The molecule has 0 saturated carbocycles. The number of ether oxygens (including phenoxy) is 3. The van der Waals surface area contributed by atoms with Crippen LogP contribution in [0.5, 0.6) is 23.0 Å². The summed E-state index contributed by atoms with van der Waals surface area (Å²) in [5.74, 6) is 1.42. The SMILES string of the molecule is COc1ccc(C[C@H]2C3N[C@@H](C)C(=O)N(C)[C@H]4Cc5ccc(cc5)Oc5cc(ccc5OC)C[C@@H](C(N[C@H](C)C(=O)N(C)[C@@H](C)C(=O)N2C)S3)N(C)C4=O)cc1. The van der Waals surface area contributed by atoms with Crippen LogP contribution in [0.15, 0.2) is 66.7 Å². The van der Waals surface area contributed by atoms with Gasteiger partial charge in [-0.25, -0.2) is 0 Å². The lowest BCUT2D eigenvalue weighted by Gasteiger charge is -2.41. The van der Waals surface area contributed by atoms with Gasteiger partial charge in [0.25, 0.3) is 0 Å². The van der Waals surface area contributed by atoms with E-state index >= 15 is 0 Å². The number of rotatable bonds is 4. The molecule has 0 radical (unpaired) electrons. The van der Waals surface area contributed by atoms with E-state index in [1.165, 1.54) is 16.7 Å². The number of nitrogens with zero attached hydrogens (tertiary/aromatic N) is 4. The smallest absolute Gasteiger partial charge is 0.245 e. The molecule has 0 aromatic heterocycles. The zero-order valence-corrected chi connectivity index (χ0v) is 34.5. The number of nitrogens with one attached hydrogen (secondary N) is 2. The Kier molecular flexibility index (Phi) is 12.5. The van der Waals surface area contributed by atoms with Crippen LogP contribution in [0, 0.1) is 0 Å². The zero-order valence-electron chi connectivity index (χ0n) is 33.6. The molecule has 4 amide bonds. The van der Waals surface area contributed by atoms with Gasteiger partial charge in [-0.3, -0.25) is 29.8 Å². The lowest BCUT2D eigenvalue weighted by atomic mass is 9.99. The van der Waals surface area contributed by atoms with Gasteiger partial charge in [0.1, 0.15) is 23.6 Å². The predicted octanol–water partition coefficient (Wildman–Crippen LogP) is 3.53. The van der Waals surface area contributed by atoms with Crippen LogP contribution in [0.25, 0.3) is 0 Å². The van der Waals surface area contributed by atoms with Crippen molar-refractivity contribution in [3.63, 3.8) is 0 Å². The van der Waals surface area contributed by atoms with E-state index in [1.54, 1.807) is 77.9 Å². The maximum atomic E-state index is 15.0. The first-order valence-electron chi connectivity index (χ1n) is 19.0. The third kappa shape index (κ3) is 8.47. The van der Waals surface area contributed by atoms with Crippen LogP contribution in [-0.2, 0) is 38.4 Å². The Morgan fingerprint density at radius 2 is 1.30 bits per heavy atom. The first kappa shape index (κ1) is 40.9. The van der Waals surface area contributed by atoms with Crippen LogP contribution in [0.4, 0.5) is 0 Å². The van der Waals surface area contributed by atoms with Gasteiger partial charge in [0.2, 0.25) is 23.6 Å². The largest absolute Gasteiger partial charge is 0.497 e. The zero-order chi connectivity index (χ0) is 40.4. The average Bonchev–Trinajstić information content (AvgIpc) is 3.21. The number of fused-ring (bicyclic) bond motifs is 4. The molecule has 4 aliphatic rings. The van der Waals surface area contributed by atoms with Crippen LogP contribution in [0.3, 0.4) is 0 Å². The van der Waals surface area contributed by atoms with Crippen molar-refractivity contribution in [3.8, 4) is 23.0 Å². The molecule has 2 unspecified atom stereocenters. The Morgan fingerprint density at radius 1 is 0.679 bits per heavy atom. The van der Waals surface area contributed by atoms with Crippen molar-refractivity contribution in [3.05, 3.63) is 83.4 Å². The van der Waals surface area contributed by atoms with E-state index in [-0.39, 0.29) is 30.0 Å². The van der Waals surface area contributed by atoms with Crippen LogP contribution in [0.1, 0.15) is 37.5 Å². The molecule has 7 rings (SSSR count). The molecule has 4 aliphatic heterocycles. The van der Waals surface area contributed by atoms with E-state index < -0.39 is 47.0 Å². The molecule has 8 bridgehead atoms. The number of amides is 4. The number of thioether (sulfide) groups is 1. The van der Waals surface area contributed by atoms with Gasteiger partial charge in [-0.1, -0.05) is 30.3 Å². The minimum Gasteiger partial charge on any atom is -0.497 e. The summed E-state index contributed by atoms with van der Waals surface area (Å²) in [5.41, 5.74) is 2.68. The molecule has 13 nitrogen and oxygen atoms in total. The fourth-order valence-corrected chi connectivity index (χ4v) is 9.55. The summed E-state index contributed by atoms with van der Waals surface area (Å²) < 4.78 is 17.5. The Labute approximate surface area is 334 Å². The minimum atomic E-state index is -0.841. The highest BCUT2D eigenvalue weighted by atomic mass is 32.2. The highest BCUT2D eigenvalue weighted by Gasteiger charge is 2.44. The number of likely N-dealkylation sites (N-methyl/N-ethyl adjacent to an activating group) is 4. The number of methoxy groups -OCH3 is 2. The fraction of sp³-hybridized carbons (Fsp3) is 0.476. The Morgan fingerprint density at radius 3 is 1.95 bits per heavy atom. The molecule has 3 aromatic carbocycles. The summed E-state index contributed by atoms with van der Waals surface area (Å²) in [6.07, 6.45) is 1.06. The van der Waals surface area contributed by atoms with E-state index in [1.807, 2.05) is 66.7 Å². The quantitative estimate of drug-likeness (QED) is 0.405. The van der Waals surface area contributed by atoms with Gasteiger partial charge in [-0.05, 0) is 86.7 Å². The lowest BCUT2D eigenvalue weighted by Crippen LogP contribution is -2.59. The number of hydrogen-bond donors (Lipinski definition) is 2. The van der Waals surface area contributed by atoms with Crippen LogP contribution >= 0.6 is 11.8 Å². The van der Waals surface area contributed by atoms with Crippen molar-refractivity contribution in [2.24, 2.45) is 0 Å². The second-order valence-corrected chi connectivity index (χ2v) is 16.4. The third-order valence-electron chi connectivity index (χ3n) is 11.5. The molecule has 0 spiro atoms. The van der Waals surface area contributed by atoms with E-state index in [2.05, 4.69) is 10.6 Å². The first-order valence-corrected chi connectivity index (χ1v) is 20.0. The molecule has 0 aliphatic carbocycles. The standard InChI is InChI=1S/C42H54N6O7S/c1-24-39(49)45(4)26(3)41(51)46(5)32(20-27-10-15-30(53-8)16-11-27)37-44-25(2)40(50)48(7)34-21-28-12-17-31(18-13-28)55-36-23-29(14-19-35(36)54-9)22-33(38(43-24)56-37)47(6)42(34)52/h10-19,23-26,32-34,37-38,43-44H,20-22H2,1-9H3/t24-,25+,26+,32+,33+,34+,37?,38?/m1/s1. The Balaban J connectivity index is 1.56. The molecule has 8 atom stereocenters. The second kappa shape index (κ2) is 17.1. The summed E-state index contributed by atoms with van der Waals surface area (Å²) in [7, 11) is 10.1. The van der Waals surface area contributed by atoms with E-state index in [4.69, 9.17) is 14.2 Å². The van der Waals surface area contributed by atoms with Crippen LogP contribution in [-0.4, -0.2) is 133 Å². The summed E-state index contributed by atoms with van der Waals surface area (Å²) in [4.78, 5) is 64.4. The van der Waals surface area contributed by atoms with Crippen molar-refractivity contribution >= 4 is 35.4 Å². The summed E-state index contributed by atoms with van der Waals surface area (Å²) in [6.45, 7) is 5.33. The lowest BCUT2D eigenvalue weighted by molar-refractivity contribution is -0.147. The highest BCUT2D eigenvalue weighted by molar-refractivity contribution is 8.00. The maximum Gasteiger partial charge on any atom is 0.245 e. The molecule has 3 aromatic rings. The van der Waals surface area contributed by atoms with Crippen LogP contribution in [0.2, 0.25) is 0 Å². The summed E-state index contributed by atoms with van der Waals surface area (Å²) in [5, 5.41) is 6.13. The number of benzene rings is 3. The van der Waals surface area contributed by atoms with E-state index in [0.29, 0.717) is 35.8 Å². The molecule has 2 fully saturated rings. The van der Waals surface area contributed by atoms with Crippen molar-refractivity contribution in [1.82, 2.24) is 30.2 Å². The Bertz CT molecular complexity index is 1910. The Hall–Kier alpha value is -4.79. The van der Waals surface area contributed by atoms with E-state index in [0.717, 1.165) is 16.7 Å². The van der Waals surface area contributed by atoms with Gasteiger partial charge < -0.3 is 33.8 Å². The maximum absolute atomic E-state index is 15.0. The van der Waals surface area contributed by atoms with Crippen molar-refractivity contribution in [2.45, 2.75) is 87.0 Å². The fourth-order valence-electron chi connectivity index (χ4n) is 7.75. The van der Waals surface area contributed by atoms with Gasteiger partial charge in [0.15, 0.2) is 11.5 Å². The monoisotopic (exact) mass is 786 g/mol. The van der Waals surface area contributed by atoms with E-state index in [9.17, 15) is 19.2 Å². The van der Waals surface area contributed by atoms with Gasteiger partial charge in [-0.2, -0.15) is 0 Å². The topological polar surface area (TPSA) is 133 Å². The van der Waals surface area contributed by atoms with Crippen molar-refractivity contribution in [2.75, 3.05) is 42.4 Å². The first-order chi connectivity index (χ1) is 26.7. The molecular formula is C42H54N6O7S. The van der Waals surface area contributed by atoms with Crippen molar-refractivity contribution < 1.29 is 33.4 Å². The normalized spacial score (nSPS) is 27.9. The summed E-state index contributed by atoms with van der Waals surface area (Å²) in [6, 6.07) is 16.8. The molecule has 2 saturated heterocycles. The van der Waals surface area contributed by atoms with Gasteiger partial charge >= 0.3 is 0 Å². The second-order valence-electron chi connectivity index (χ2n) is 15.1. The third-order valence-corrected chi connectivity index (χ3v) is 13.0. The molecule has 300 valence electrons. The molecular weight excluding hydrogens is 733 g/mol. The van der Waals surface area contributed by atoms with Gasteiger partial charge in [-0.15, -0.1) is 11.8 Å². The molecule has 14 heteroatoms. The average molecular weight is 787 g/mol. The number of carbonyl (C=O) groups is 4. The summed E-state index contributed by atoms with van der Waals surface area (Å²) >= 11 is 1.49. The molecule has 56 heavy (non-hydrogen) atoms. The van der Waals surface area contributed by atoms with Crippen molar-refractivity contribution in [1.29, 1.82) is 0 Å². The number of carbonyl (C=O) groups excluding carboxylic acids is 4. The predicted molar refractivity (Wildman–Crippen MR) is 216 cm³/mol.